The molecule has 5 heteroatoms. The number of aromatic nitrogens is 1. The maximum absolute atomic E-state index is 11.0. The predicted molar refractivity (Wildman–Crippen MR) is 56.7 cm³/mol. The van der Waals surface area contributed by atoms with Crippen molar-refractivity contribution in [2.75, 3.05) is 5.32 Å². The van der Waals surface area contributed by atoms with Crippen molar-refractivity contribution in [3.05, 3.63) is 23.9 Å². The summed E-state index contributed by atoms with van der Waals surface area (Å²) >= 11 is 0. The highest BCUT2D eigenvalue weighted by molar-refractivity contribution is 5.77. The fraction of sp³-hybridized carbons (Fsp3) is 0.364. The molecule has 0 spiro atoms. The van der Waals surface area contributed by atoms with Gasteiger partial charge in [0.15, 0.2) is 0 Å². The van der Waals surface area contributed by atoms with Gasteiger partial charge in [0.25, 0.3) is 0 Å². The zero-order chi connectivity index (χ0) is 11.5. The van der Waals surface area contributed by atoms with E-state index in [0.717, 1.165) is 12.8 Å². The summed E-state index contributed by atoms with van der Waals surface area (Å²) in [6, 6.07) is 4.53. The first-order chi connectivity index (χ1) is 7.70. The van der Waals surface area contributed by atoms with Gasteiger partial charge in [-0.2, -0.15) is 5.26 Å². The van der Waals surface area contributed by atoms with Crippen molar-refractivity contribution in [3.8, 4) is 6.07 Å². The third-order valence-electron chi connectivity index (χ3n) is 2.55. The number of nitrogens with zero attached hydrogens (tertiary/aromatic N) is 2. The van der Waals surface area contributed by atoms with E-state index in [0.29, 0.717) is 11.4 Å². The van der Waals surface area contributed by atoms with E-state index in [1.807, 2.05) is 6.07 Å². The van der Waals surface area contributed by atoms with Gasteiger partial charge < -0.3 is 10.4 Å². The van der Waals surface area contributed by atoms with E-state index >= 15 is 0 Å². The number of carboxylic acid groups (broad SMARTS) is 1. The van der Waals surface area contributed by atoms with E-state index in [9.17, 15) is 4.79 Å². The molecule has 1 saturated carbocycles. The number of hydrogen-bond acceptors (Lipinski definition) is 4. The monoisotopic (exact) mass is 217 g/mol. The Kier molecular flexibility index (Phi) is 2.73. The number of carboxylic acids is 1. The number of rotatable bonds is 4. The quantitative estimate of drug-likeness (QED) is 0.792. The van der Waals surface area contributed by atoms with Gasteiger partial charge in [-0.3, -0.25) is 0 Å². The van der Waals surface area contributed by atoms with E-state index in [4.69, 9.17) is 10.4 Å². The molecule has 1 aromatic rings. The van der Waals surface area contributed by atoms with Crippen molar-refractivity contribution in [3.63, 3.8) is 0 Å². The molecule has 1 fully saturated rings. The van der Waals surface area contributed by atoms with Crippen LogP contribution >= 0.6 is 0 Å². The molecule has 5 nitrogen and oxygen atoms in total. The fourth-order valence-corrected chi connectivity index (χ4v) is 1.55. The first kappa shape index (κ1) is 10.4. The summed E-state index contributed by atoms with van der Waals surface area (Å²) in [4.78, 5) is 15.0. The van der Waals surface area contributed by atoms with Crippen LogP contribution in [-0.2, 0) is 4.79 Å². The second-order valence-corrected chi connectivity index (χ2v) is 3.84. The van der Waals surface area contributed by atoms with Crippen LogP contribution in [-0.4, -0.2) is 22.1 Å². The number of pyridine rings is 1. The number of carbonyl (C=O) groups is 1. The van der Waals surface area contributed by atoms with Gasteiger partial charge in [-0.15, -0.1) is 0 Å². The lowest BCUT2D eigenvalue weighted by atomic mass is 10.2. The Balaban J connectivity index is 2.12. The average molecular weight is 217 g/mol. The van der Waals surface area contributed by atoms with Crippen molar-refractivity contribution in [2.24, 2.45) is 5.92 Å². The topological polar surface area (TPSA) is 86.0 Å². The summed E-state index contributed by atoms with van der Waals surface area (Å²) in [6.07, 6.45) is 3.36. The highest BCUT2D eigenvalue weighted by Crippen LogP contribution is 2.34. The molecule has 0 saturated heterocycles. The van der Waals surface area contributed by atoms with Gasteiger partial charge in [0.1, 0.15) is 11.9 Å². The van der Waals surface area contributed by atoms with Gasteiger partial charge in [-0.25, -0.2) is 9.78 Å². The van der Waals surface area contributed by atoms with Gasteiger partial charge in [-0.05, 0) is 30.9 Å². The smallest absolute Gasteiger partial charge is 0.326 e. The molecule has 0 aromatic carbocycles. The fourth-order valence-electron chi connectivity index (χ4n) is 1.55. The van der Waals surface area contributed by atoms with E-state index in [-0.39, 0.29) is 5.92 Å². The van der Waals surface area contributed by atoms with Crippen LogP contribution < -0.4 is 5.32 Å². The molecule has 1 aliphatic carbocycles. The minimum absolute atomic E-state index is 0.185. The molecule has 16 heavy (non-hydrogen) atoms. The van der Waals surface area contributed by atoms with Crippen LogP contribution in [0, 0.1) is 17.2 Å². The Morgan fingerprint density at radius 3 is 3.00 bits per heavy atom. The SMILES string of the molecule is N#Cc1ccnc(NC(C(=O)O)C2CC2)c1. The van der Waals surface area contributed by atoms with Crippen molar-refractivity contribution in [2.45, 2.75) is 18.9 Å². The van der Waals surface area contributed by atoms with Crippen LogP contribution in [0.15, 0.2) is 18.3 Å². The number of nitrogens with one attached hydrogen (secondary N) is 1. The zero-order valence-electron chi connectivity index (χ0n) is 8.55. The highest BCUT2D eigenvalue weighted by atomic mass is 16.4. The second-order valence-electron chi connectivity index (χ2n) is 3.84. The molecular formula is C11H11N3O2. The molecule has 1 heterocycles. The molecule has 1 aromatic heterocycles. The number of anilines is 1. The summed E-state index contributed by atoms with van der Waals surface area (Å²) in [7, 11) is 0. The third-order valence-corrected chi connectivity index (χ3v) is 2.55. The normalized spacial score (nSPS) is 16.2. The van der Waals surface area contributed by atoms with Crippen molar-refractivity contribution >= 4 is 11.8 Å². The van der Waals surface area contributed by atoms with Gasteiger partial charge in [-0.1, -0.05) is 0 Å². The van der Waals surface area contributed by atoms with Crippen LogP contribution in [0.5, 0.6) is 0 Å². The van der Waals surface area contributed by atoms with Gasteiger partial charge in [0, 0.05) is 6.20 Å². The summed E-state index contributed by atoms with van der Waals surface area (Å²) < 4.78 is 0. The molecule has 1 atom stereocenters. The molecule has 82 valence electrons. The van der Waals surface area contributed by atoms with Crippen LogP contribution in [0.4, 0.5) is 5.82 Å². The lowest BCUT2D eigenvalue weighted by Crippen LogP contribution is -2.31. The maximum Gasteiger partial charge on any atom is 0.326 e. The van der Waals surface area contributed by atoms with Crippen molar-refractivity contribution in [1.29, 1.82) is 5.26 Å². The lowest BCUT2D eigenvalue weighted by molar-refractivity contribution is -0.138. The van der Waals surface area contributed by atoms with E-state index in [2.05, 4.69) is 10.3 Å². The Hall–Kier alpha value is -2.09. The van der Waals surface area contributed by atoms with E-state index < -0.39 is 12.0 Å². The van der Waals surface area contributed by atoms with Crippen LogP contribution in [0.2, 0.25) is 0 Å². The Morgan fingerprint density at radius 1 is 1.69 bits per heavy atom. The molecule has 1 aliphatic rings. The Labute approximate surface area is 92.7 Å². The largest absolute Gasteiger partial charge is 0.480 e. The van der Waals surface area contributed by atoms with E-state index in [1.54, 1.807) is 12.1 Å². The maximum atomic E-state index is 11.0. The molecule has 0 aliphatic heterocycles. The Bertz CT molecular complexity index is 449. The summed E-state index contributed by atoms with van der Waals surface area (Å²) in [5, 5.41) is 20.6. The highest BCUT2D eigenvalue weighted by Gasteiger charge is 2.36. The molecule has 0 bridgehead atoms. The average Bonchev–Trinajstić information content (AvgIpc) is 3.10. The Morgan fingerprint density at radius 2 is 2.44 bits per heavy atom. The van der Waals surface area contributed by atoms with Gasteiger partial charge in [0.2, 0.25) is 0 Å². The minimum atomic E-state index is -0.869. The molecule has 2 rings (SSSR count). The van der Waals surface area contributed by atoms with E-state index in [1.165, 1.54) is 6.20 Å². The lowest BCUT2D eigenvalue weighted by Gasteiger charge is -2.13. The predicted octanol–water partition coefficient (Wildman–Crippen LogP) is 1.23. The van der Waals surface area contributed by atoms with Gasteiger partial charge >= 0.3 is 5.97 Å². The molecule has 0 radical (unpaired) electrons. The molecule has 0 amide bonds. The molecule has 2 N–H and O–H groups in total. The minimum Gasteiger partial charge on any atom is -0.480 e. The molecule has 1 unspecified atom stereocenters. The van der Waals surface area contributed by atoms with Crippen molar-refractivity contribution in [1.82, 2.24) is 4.98 Å². The second kappa shape index (κ2) is 4.19. The summed E-state index contributed by atoms with van der Waals surface area (Å²) in [5.74, 6) is -0.241. The van der Waals surface area contributed by atoms with Crippen LogP contribution in [0.25, 0.3) is 0 Å². The number of aliphatic carboxylic acids is 1. The van der Waals surface area contributed by atoms with Crippen molar-refractivity contribution < 1.29 is 9.90 Å². The van der Waals surface area contributed by atoms with Crippen LogP contribution in [0.1, 0.15) is 18.4 Å². The first-order valence-electron chi connectivity index (χ1n) is 5.06. The van der Waals surface area contributed by atoms with Crippen LogP contribution in [0.3, 0.4) is 0 Å². The summed E-state index contributed by atoms with van der Waals surface area (Å²) in [5.41, 5.74) is 0.470. The first-order valence-corrected chi connectivity index (χ1v) is 5.06. The number of hydrogen-bond donors (Lipinski definition) is 2. The zero-order valence-corrected chi connectivity index (χ0v) is 8.55. The standard InChI is InChI=1S/C11H11N3O2/c12-6-7-3-4-13-9(5-7)14-10(11(15)16)8-1-2-8/h3-5,8,10H,1-2H2,(H,13,14)(H,15,16). The number of nitriles is 1. The molecular weight excluding hydrogens is 206 g/mol. The summed E-state index contributed by atoms with van der Waals surface area (Å²) in [6.45, 7) is 0. The van der Waals surface area contributed by atoms with Gasteiger partial charge in [0.05, 0.1) is 11.6 Å². The third kappa shape index (κ3) is 2.28.